The van der Waals surface area contributed by atoms with Gasteiger partial charge < -0.3 is 19.5 Å². The number of hydrogen-bond acceptors (Lipinski definition) is 6. The Morgan fingerprint density at radius 2 is 1.59 bits per heavy atom. The van der Waals surface area contributed by atoms with E-state index >= 15 is 0 Å². The predicted molar refractivity (Wildman–Crippen MR) is 125 cm³/mol. The summed E-state index contributed by atoms with van der Waals surface area (Å²) >= 11 is 0. The fourth-order valence-electron chi connectivity index (χ4n) is 3.95. The van der Waals surface area contributed by atoms with E-state index in [1.807, 2.05) is 33.2 Å². The fraction of sp³-hybridized carbons (Fsp3) is 0.520. The van der Waals surface area contributed by atoms with Crippen molar-refractivity contribution < 1.29 is 19.0 Å². The van der Waals surface area contributed by atoms with Crippen molar-refractivity contribution in [3.8, 4) is 17.2 Å². The number of pyridine rings is 1. The normalized spacial score (nSPS) is 14.7. The number of amides is 1. The maximum atomic E-state index is 12.9. The van der Waals surface area contributed by atoms with Crippen LogP contribution >= 0.6 is 0 Å². The molecule has 0 aliphatic carbocycles. The van der Waals surface area contributed by atoms with E-state index < -0.39 is 0 Å². The molecule has 174 valence electrons. The summed E-state index contributed by atoms with van der Waals surface area (Å²) in [5, 5.41) is 3.11. The topological polar surface area (TPSA) is 72.9 Å². The van der Waals surface area contributed by atoms with Crippen LogP contribution in [0.5, 0.6) is 17.2 Å². The van der Waals surface area contributed by atoms with E-state index in [9.17, 15) is 4.79 Å². The summed E-state index contributed by atoms with van der Waals surface area (Å²) in [6, 6.07) is 7.61. The summed E-state index contributed by atoms with van der Waals surface area (Å²) in [4.78, 5) is 19.4. The minimum absolute atomic E-state index is 0.117. The number of carbonyl (C=O) groups excluding carboxylic acids is 1. The van der Waals surface area contributed by atoms with Gasteiger partial charge in [-0.05, 0) is 82.4 Å². The highest BCUT2D eigenvalue weighted by atomic mass is 16.5. The molecule has 1 aliphatic heterocycles. The van der Waals surface area contributed by atoms with E-state index in [0.29, 0.717) is 55.1 Å². The van der Waals surface area contributed by atoms with E-state index in [1.165, 1.54) is 5.56 Å². The van der Waals surface area contributed by atoms with E-state index in [-0.39, 0.29) is 5.91 Å². The second-order valence-corrected chi connectivity index (χ2v) is 7.89. The average molecular weight is 442 g/mol. The van der Waals surface area contributed by atoms with Gasteiger partial charge in [-0.1, -0.05) is 0 Å². The third-order valence-electron chi connectivity index (χ3n) is 5.59. The molecule has 7 nitrogen and oxygen atoms in total. The molecule has 0 unspecified atom stereocenters. The lowest BCUT2D eigenvalue weighted by atomic mass is 9.96. The highest BCUT2D eigenvalue weighted by molar-refractivity contribution is 5.95. The van der Waals surface area contributed by atoms with Crippen LogP contribution < -0.4 is 19.5 Å². The quantitative estimate of drug-likeness (QED) is 0.570. The predicted octanol–water partition coefficient (Wildman–Crippen LogP) is 3.92. The van der Waals surface area contributed by atoms with Crippen LogP contribution in [0.25, 0.3) is 0 Å². The van der Waals surface area contributed by atoms with Crippen molar-refractivity contribution in [2.24, 2.45) is 5.92 Å². The standard InChI is InChI=1S/C25H35N3O4/c1-4-30-22-15-21(16-23(31-5-2)24(22)32-6-3)25(29)27-17-19-9-13-28(14-10-19)18-20-7-11-26-12-8-20/h7-8,11-12,15-16,19H,4-6,9-10,13-14,17-18H2,1-3H3,(H,27,29). The smallest absolute Gasteiger partial charge is 0.251 e. The van der Waals surface area contributed by atoms with Crippen molar-refractivity contribution >= 4 is 5.91 Å². The molecule has 2 heterocycles. The third kappa shape index (κ3) is 6.60. The van der Waals surface area contributed by atoms with Crippen molar-refractivity contribution in [1.82, 2.24) is 15.2 Å². The van der Waals surface area contributed by atoms with Crippen molar-refractivity contribution in [1.29, 1.82) is 0 Å². The molecule has 0 radical (unpaired) electrons. The zero-order chi connectivity index (χ0) is 22.8. The Labute approximate surface area is 191 Å². The molecule has 0 bridgehead atoms. The number of nitrogens with zero attached hydrogens (tertiary/aromatic N) is 2. The summed E-state index contributed by atoms with van der Waals surface area (Å²) in [6.07, 6.45) is 5.82. The number of aromatic nitrogens is 1. The van der Waals surface area contributed by atoms with Gasteiger partial charge in [-0.2, -0.15) is 0 Å². The van der Waals surface area contributed by atoms with Crippen LogP contribution in [0.15, 0.2) is 36.7 Å². The number of carbonyl (C=O) groups is 1. The number of benzene rings is 1. The van der Waals surface area contributed by atoms with Crippen molar-refractivity contribution in [3.63, 3.8) is 0 Å². The summed E-state index contributed by atoms with van der Waals surface area (Å²) in [7, 11) is 0. The van der Waals surface area contributed by atoms with Gasteiger partial charge >= 0.3 is 0 Å². The third-order valence-corrected chi connectivity index (χ3v) is 5.59. The van der Waals surface area contributed by atoms with Gasteiger partial charge in [0.2, 0.25) is 5.75 Å². The zero-order valence-electron chi connectivity index (χ0n) is 19.4. The largest absolute Gasteiger partial charge is 0.490 e. The molecule has 1 saturated heterocycles. The lowest BCUT2D eigenvalue weighted by Gasteiger charge is -2.32. The lowest BCUT2D eigenvalue weighted by Crippen LogP contribution is -2.38. The molecule has 3 rings (SSSR count). The van der Waals surface area contributed by atoms with Crippen molar-refractivity contribution in [3.05, 3.63) is 47.8 Å². The molecular formula is C25H35N3O4. The Balaban J connectivity index is 1.56. The number of rotatable bonds is 11. The Kier molecular flexibility index (Phi) is 9.16. The first kappa shape index (κ1) is 23.9. The number of nitrogens with one attached hydrogen (secondary N) is 1. The molecule has 1 aromatic heterocycles. The van der Waals surface area contributed by atoms with Gasteiger partial charge in [-0.15, -0.1) is 0 Å². The van der Waals surface area contributed by atoms with Gasteiger partial charge in [0, 0.05) is 31.0 Å². The molecule has 1 N–H and O–H groups in total. The van der Waals surface area contributed by atoms with E-state index in [2.05, 4.69) is 27.3 Å². The van der Waals surface area contributed by atoms with Crippen LogP contribution in [0.4, 0.5) is 0 Å². The highest BCUT2D eigenvalue weighted by Gasteiger charge is 2.22. The van der Waals surface area contributed by atoms with Gasteiger partial charge in [0.15, 0.2) is 11.5 Å². The van der Waals surface area contributed by atoms with E-state index in [0.717, 1.165) is 32.5 Å². The van der Waals surface area contributed by atoms with Crippen LogP contribution in [-0.4, -0.2) is 55.2 Å². The van der Waals surface area contributed by atoms with Gasteiger partial charge in [0.25, 0.3) is 5.91 Å². The van der Waals surface area contributed by atoms with Gasteiger partial charge in [0.05, 0.1) is 19.8 Å². The molecule has 7 heteroatoms. The molecule has 1 aliphatic rings. The number of likely N-dealkylation sites (tertiary alicyclic amines) is 1. The monoisotopic (exact) mass is 441 g/mol. The van der Waals surface area contributed by atoms with Crippen molar-refractivity contribution in [2.45, 2.75) is 40.2 Å². The van der Waals surface area contributed by atoms with Crippen LogP contribution in [0, 0.1) is 5.92 Å². The molecule has 0 spiro atoms. The Morgan fingerprint density at radius 3 is 2.16 bits per heavy atom. The van der Waals surface area contributed by atoms with E-state index in [1.54, 1.807) is 12.1 Å². The minimum Gasteiger partial charge on any atom is -0.490 e. The molecule has 1 amide bonds. The Morgan fingerprint density at radius 1 is 1.00 bits per heavy atom. The molecule has 32 heavy (non-hydrogen) atoms. The Hall–Kier alpha value is -2.80. The first-order valence-electron chi connectivity index (χ1n) is 11.6. The SMILES string of the molecule is CCOc1cc(C(=O)NCC2CCN(Cc3ccncc3)CC2)cc(OCC)c1OCC. The maximum absolute atomic E-state index is 12.9. The van der Waals surface area contributed by atoms with Gasteiger partial charge in [-0.3, -0.25) is 14.7 Å². The summed E-state index contributed by atoms with van der Waals surface area (Å²) in [5.74, 6) is 1.99. The lowest BCUT2D eigenvalue weighted by molar-refractivity contribution is 0.0934. The summed E-state index contributed by atoms with van der Waals surface area (Å²) in [6.45, 7) is 10.9. The van der Waals surface area contributed by atoms with Gasteiger partial charge in [-0.25, -0.2) is 0 Å². The molecule has 1 aromatic carbocycles. The summed E-state index contributed by atoms with van der Waals surface area (Å²) in [5.41, 5.74) is 1.81. The van der Waals surface area contributed by atoms with Gasteiger partial charge in [0.1, 0.15) is 0 Å². The number of hydrogen-bond donors (Lipinski definition) is 1. The van der Waals surface area contributed by atoms with Crippen LogP contribution in [0.3, 0.4) is 0 Å². The second-order valence-electron chi connectivity index (χ2n) is 7.89. The number of ether oxygens (including phenoxy) is 3. The second kappa shape index (κ2) is 12.3. The first-order chi connectivity index (χ1) is 15.6. The first-order valence-corrected chi connectivity index (χ1v) is 11.6. The van der Waals surface area contributed by atoms with Crippen LogP contribution in [0.2, 0.25) is 0 Å². The van der Waals surface area contributed by atoms with Crippen LogP contribution in [0.1, 0.15) is 49.5 Å². The summed E-state index contributed by atoms with van der Waals surface area (Å²) < 4.78 is 17.2. The molecule has 2 aromatic rings. The van der Waals surface area contributed by atoms with Crippen LogP contribution in [-0.2, 0) is 6.54 Å². The van der Waals surface area contributed by atoms with E-state index in [4.69, 9.17) is 14.2 Å². The molecule has 0 atom stereocenters. The minimum atomic E-state index is -0.117. The maximum Gasteiger partial charge on any atom is 0.251 e. The molecule has 1 fully saturated rings. The zero-order valence-corrected chi connectivity index (χ0v) is 19.4. The fourth-order valence-corrected chi connectivity index (χ4v) is 3.95. The Bertz CT molecular complexity index is 825. The van der Waals surface area contributed by atoms with Crippen molar-refractivity contribution in [2.75, 3.05) is 39.5 Å². The average Bonchev–Trinajstić information content (AvgIpc) is 2.81. The molecule has 0 saturated carbocycles. The highest BCUT2D eigenvalue weighted by Crippen LogP contribution is 2.39. The number of piperidine rings is 1. The molecular weight excluding hydrogens is 406 g/mol.